The van der Waals surface area contributed by atoms with Crippen molar-refractivity contribution in [2.45, 2.75) is 96.8 Å². The van der Waals surface area contributed by atoms with Crippen LogP contribution >= 0.6 is 8.25 Å². The summed E-state index contributed by atoms with van der Waals surface area (Å²) in [4.78, 5) is 10.2. The van der Waals surface area contributed by atoms with Crippen molar-refractivity contribution in [2.24, 2.45) is 0 Å². The molecule has 0 radical (unpaired) electrons. The molecule has 4 heteroatoms. The minimum atomic E-state index is -2.65. The molecule has 0 heterocycles. The fourth-order valence-electron chi connectivity index (χ4n) is 2.49. The zero-order chi connectivity index (χ0) is 16.3. The maximum atomic E-state index is 10.2. The van der Waals surface area contributed by atoms with E-state index in [1.807, 2.05) is 0 Å². The number of hydrogen-bond donors (Lipinski definition) is 0. The molecule has 0 rings (SSSR count). The summed E-state index contributed by atoms with van der Waals surface area (Å²) in [6, 6.07) is 0. The molecule has 22 heavy (non-hydrogen) atoms. The van der Waals surface area contributed by atoms with Gasteiger partial charge in [0.05, 0.1) is 0 Å². The van der Waals surface area contributed by atoms with Crippen LogP contribution in [-0.2, 0) is 9.09 Å². The van der Waals surface area contributed by atoms with Crippen LogP contribution in [0.15, 0.2) is 12.2 Å². The van der Waals surface area contributed by atoms with Crippen LogP contribution in [0.5, 0.6) is 0 Å². The van der Waals surface area contributed by atoms with E-state index in [0.717, 1.165) is 12.8 Å². The molecule has 0 fully saturated rings. The summed E-state index contributed by atoms with van der Waals surface area (Å²) in [5.74, 6) is 0. The van der Waals surface area contributed by atoms with Gasteiger partial charge in [0.2, 0.25) is 0 Å². The molecule has 0 aromatic carbocycles. The highest BCUT2D eigenvalue weighted by Gasteiger charge is 1.99. The van der Waals surface area contributed by atoms with Crippen molar-refractivity contribution in [3.63, 3.8) is 0 Å². The lowest BCUT2D eigenvalue weighted by Gasteiger charge is -1.99. The molecule has 0 aliphatic rings. The molecule has 1 atom stereocenters. The molecule has 0 spiro atoms. The van der Waals surface area contributed by atoms with Gasteiger partial charge in [0, 0.05) is 0 Å². The van der Waals surface area contributed by atoms with E-state index in [1.165, 1.54) is 77.0 Å². The van der Waals surface area contributed by atoms with E-state index in [0.29, 0.717) is 6.61 Å². The highest BCUT2D eigenvalue weighted by atomic mass is 31.1. The van der Waals surface area contributed by atoms with Crippen LogP contribution in [0.4, 0.5) is 0 Å². The molecule has 0 N–H and O–H groups in total. The Morgan fingerprint density at radius 1 is 0.773 bits per heavy atom. The smallest absolute Gasteiger partial charge is 0.488 e. The van der Waals surface area contributed by atoms with Crippen LogP contribution in [0.1, 0.15) is 96.8 Å². The first-order valence-electron chi connectivity index (χ1n) is 9.19. The number of hydrogen-bond acceptors (Lipinski definition) is 3. The summed E-state index contributed by atoms with van der Waals surface area (Å²) >= 11 is 0. The summed E-state index contributed by atoms with van der Waals surface area (Å²) in [6.45, 7) is 2.61. The van der Waals surface area contributed by atoms with Gasteiger partial charge in [0.1, 0.15) is 6.61 Å². The molecule has 3 nitrogen and oxygen atoms in total. The Morgan fingerprint density at radius 2 is 1.23 bits per heavy atom. The normalized spacial score (nSPS) is 12.2. The Balaban J connectivity index is 3.06. The van der Waals surface area contributed by atoms with Crippen LogP contribution in [0, 0.1) is 0 Å². The van der Waals surface area contributed by atoms with E-state index in [4.69, 9.17) is 0 Å². The van der Waals surface area contributed by atoms with Gasteiger partial charge in [-0.1, -0.05) is 76.9 Å². The van der Waals surface area contributed by atoms with Gasteiger partial charge < -0.3 is 4.89 Å². The molecular weight excluding hydrogens is 295 g/mol. The van der Waals surface area contributed by atoms with Crippen molar-refractivity contribution < 1.29 is 14.0 Å². The van der Waals surface area contributed by atoms with Gasteiger partial charge in [-0.3, -0.25) is 0 Å². The zero-order valence-electron chi connectivity index (χ0n) is 14.4. The van der Waals surface area contributed by atoms with Gasteiger partial charge >= 0.3 is 8.25 Å². The standard InChI is InChI=1S/C18H35O3P/c1-2-3-4-5-6-7-8-9-10-11-12-13-14-15-16-17-18-21-22(19)20/h9-10H,2-8,11-18H2,1H3. The lowest BCUT2D eigenvalue weighted by molar-refractivity contribution is -0.185. The summed E-state index contributed by atoms with van der Waals surface area (Å²) in [5.41, 5.74) is 0. The summed E-state index contributed by atoms with van der Waals surface area (Å²) < 4.78 is 14.7. The van der Waals surface area contributed by atoms with E-state index >= 15 is 0 Å². The number of allylic oxidation sites excluding steroid dienone is 2. The second-order valence-corrected chi connectivity index (χ2v) is 6.70. The average Bonchev–Trinajstić information content (AvgIpc) is 2.50. The SMILES string of the molecule is CCCCCCCCC=CCCCCCCCCO[P+](=O)[O-]. The van der Waals surface area contributed by atoms with Gasteiger partial charge in [0.25, 0.3) is 0 Å². The van der Waals surface area contributed by atoms with Gasteiger partial charge in [-0.05, 0) is 36.7 Å². The van der Waals surface area contributed by atoms with Crippen molar-refractivity contribution in [3.05, 3.63) is 12.2 Å². The first-order valence-corrected chi connectivity index (χ1v) is 10.3. The number of rotatable bonds is 17. The molecule has 130 valence electrons. The van der Waals surface area contributed by atoms with Crippen LogP contribution in [-0.4, -0.2) is 6.61 Å². The topological polar surface area (TPSA) is 49.4 Å². The van der Waals surface area contributed by atoms with Crippen LogP contribution in [0.3, 0.4) is 0 Å². The molecular formula is C18H35O3P. The van der Waals surface area contributed by atoms with Gasteiger partial charge in [-0.2, -0.15) is 0 Å². The Kier molecular flexibility index (Phi) is 18.6. The fourth-order valence-corrected chi connectivity index (χ4v) is 2.77. The van der Waals surface area contributed by atoms with E-state index in [-0.39, 0.29) is 0 Å². The second-order valence-electron chi connectivity index (χ2n) is 5.99. The molecule has 0 saturated carbocycles. The molecule has 0 saturated heterocycles. The molecule has 0 amide bonds. The summed E-state index contributed by atoms with van der Waals surface area (Å²) in [6.07, 6.45) is 22.3. The van der Waals surface area contributed by atoms with E-state index in [2.05, 4.69) is 23.6 Å². The third-order valence-corrected chi connectivity index (χ3v) is 4.25. The van der Waals surface area contributed by atoms with Gasteiger partial charge in [0.15, 0.2) is 0 Å². The van der Waals surface area contributed by atoms with Crippen molar-refractivity contribution in [1.82, 2.24) is 0 Å². The molecule has 0 aliphatic heterocycles. The van der Waals surface area contributed by atoms with Crippen molar-refractivity contribution in [3.8, 4) is 0 Å². The summed E-state index contributed by atoms with van der Waals surface area (Å²) in [7, 11) is -2.65. The third-order valence-electron chi connectivity index (χ3n) is 3.85. The predicted molar refractivity (Wildman–Crippen MR) is 93.0 cm³/mol. The average molecular weight is 330 g/mol. The van der Waals surface area contributed by atoms with Crippen LogP contribution < -0.4 is 4.89 Å². The number of unbranched alkanes of at least 4 members (excludes halogenated alkanes) is 12. The van der Waals surface area contributed by atoms with Gasteiger partial charge in [-0.15, -0.1) is 4.52 Å². The molecule has 0 bridgehead atoms. The maximum Gasteiger partial charge on any atom is 0.488 e. The largest absolute Gasteiger partial charge is 0.566 e. The van der Waals surface area contributed by atoms with E-state index < -0.39 is 8.25 Å². The Labute approximate surface area is 138 Å². The quantitative estimate of drug-likeness (QED) is 0.185. The Morgan fingerprint density at radius 3 is 1.73 bits per heavy atom. The lowest BCUT2D eigenvalue weighted by atomic mass is 10.1. The maximum absolute atomic E-state index is 10.2. The lowest BCUT2D eigenvalue weighted by Crippen LogP contribution is -1.93. The first kappa shape index (κ1) is 21.8. The molecule has 0 aromatic rings. The second kappa shape index (κ2) is 18.8. The predicted octanol–water partition coefficient (Wildman–Crippen LogP) is 6.06. The fraction of sp³-hybridized carbons (Fsp3) is 0.889. The minimum absolute atomic E-state index is 0.347. The van der Waals surface area contributed by atoms with Crippen LogP contribution in [0.2, 0.25) is 0 Å². The van der Waals surface area contributed by atoms with Crippen molar-refractivity contribution in [2.75, 3.05) is 6.61 Å². The third kappa shape index (κ3) is 19.8. The molecule has 1 unspecified atom stereocenters. The summed E-state index contributed by atoms with van der Waals surface area (Å²) in [5, 5.41) is 0. The Bertz CT molecular complexity index is 267. The highest BCUT2D eigenvalue weighted by molar-refractivity contribution is 7.30. The zero-order valence-corrected chi connectivity index (χ0v) is 15.3. The highest BCUT2D eigenvalue weighted by Crippen LogP contribution is 2.12. The van der Waals surface area contributed by atoms with Gasteiger partial charge in [-0.25, -0.2) is 0 Å². The van der Waals surface area contributed by atoms with Crippen molar-refractivity contribution >= 4 is 8.25 Å². The molecule has 0 aliphatic carbocycles. The van der Waals surface area contributed by atoms with Crippen LogP contribution in [0.25, 0.3) is 0 Å². The molecule has 0 aromatic heterocycles. The minimum Gasteiger partial charge on any atom is -0.566 e. The first-order chi connectivity index (χ1) is 10.8. The van der Waals surface area contributed by atoms with E-state index in [9.17, 15) is 9.46 Å². The van der Waals surface area contributed by atoms with Crippen molar-refractivity contribution in [1.29, 1.82) is 0 Å². The Hall–Kier alpha value is -0.240. The van der Waals surface area contributed by atoms with E-state index in [1.54, 1.807) is 0 Å². The monoisotopic (exact) mass is 330 g/mol.